The van der Waals surface area contributed by atoms with Crippen molar-refractivity contribution in [2.45, 2.75) is 50.3 Å². The monoisotopic (exact) mass is 330 g/mol. The average Bonchev–Trinajstić information content (AvgIpc) is 2.77. The van der Waals surface area contributed by atoms with Crippen LogP contribution in [-0.4, -0.2) is 11.4 Å². The van der Waals surface area contributed by atoms with Gasteiger partial charge in [-0.25, -0.2) is 0 Å². The summed E-state index contributed by atoms with van der Waals surface area (Å²) in [6.07, 6.45) is 6.96. The molecule has 2 rings (SSSR count). The van der Waals surface area contributed by atoms with Crippen LogP contribution in [0.15, 0.2) is 12.1 Å². The van der Waals surface area contributed by atoms with E-state index in [2.05, 4.69) is 28.9 Å². The van der Waals surface area contributed by atoms with Crippen LogP contribution in [0.2, 0.25) is 5.02 Å². The van der Waals surface area contributed by atoms with Crippen molar-refractivity contribution in [3.8, 4) is 5.75 Å². The van der Waals surface area contributed by atoms with Gasteiger partial charge in [-0.05, 0) is 48.9 Å². The van der Waals surface area contributed by atoms with Crippen molar-refractivity contribution in [2.75, 3.05) is 6.61 Å². The fraction of sp³-hybridized carbons (Fsp3) is 0.600. The van der Waals surface area contributed by atoms with Crippen molar-refractivity contribution in [1.29, 1.82) is 0 Å². The number of alkyl halides is 1. The van der Waals surface area contributed by atoms with Crippen molar-refractivity contribution < 1.29 is 4.74 Å². The lowest BCUT2D eigenvalue weighted by molar-refractivity contribution is 0.353. The minimum Gasteiger partial charge on any atom is -0.493 e. The summed E-state index contributed by atoms with van der Waals surface area (Å²) in [6.45, 7) is 3.03. The van der Waals surface area contributed by atoms with E-state index in [0.717, 1.165) is 30.2 Å². The van der Waals surface area contributed by atoms with Gasteiger partial charge >= 0.3 is 0 Å². The maximum atomic E-state index is 6.15. The first-order valence-corrected chi connectivity index (χ1v) is 8.08. The third-order valence-electron chi connectivity index (χ3n) is 3.39. The van der Waals surface area contributed by atoms with E-state index < -0.39 is 0 Å². The summed E-state index contributed by atoms with van der Waals surface area (Å²) in [7, 11) is 0. The largest absolute Gasteiger partial charge is 0.493 e. The second kappa shape index (κ2) is 6.81. The Labute approximate surface area is 123 Å². The first kappa shape index (κ1) is 14.2. The van der Waals surface area contributed by atoms with Crippen molar-refractivity contribution in [3.63, 3.8) is 0 Å². The van der Waals surface area contributed by atoms with Gasteiger partial charge in [0, 0.05) is 16.3 Å². The summed E-state index contributed by atoms with van der Waals surface area (Å²) in [4.78, 5) is 0.649. The van der Waals surface area contributed by atoms with Gasteiger partial charge in [0.2, 0.25) is 0 Å². The number of aryl methyl sites for hydroxylation is 1. The Morgan fingerprint density at radius 2 is 2.22 bits per heavy atom. The van der Waals surface area contributed by atoms with Gasteiger partial charge in [-0.2, -0.15) is 0 Å². The smallest absolute Gasteiger partial charge is 0.125 e. The van der Waals surface area contributed by atoms with Crippen LogP contribution < -0.4 is 4.74 Å². The molecular weight excluding hydrogens is 312 g/mol. The number of halogens is 2. The highest BCUT2D eigenvalue weighted by atomic mass is 79.9. The molecule has 100 valence electrons. The zero-order chi connectivity index (χ0) is 13.0. The van der Waals surface area contributed by atoms with Crippen LogP contribution in [0.25, 0.3) is 0 Å². The SMILES string of the molecule is CCCC(Br)CCCc1cc(Cl)cc2c1OCC2. The predicted octanol–water partition coefficient (Wildman–Crippen LogP) is 5.16. The van der Waals surface area contributed by atoms with Crippen molar-refractivity contribution in [1.82, 2.24) is 0 Å². The summed E-state index contributed by atoms with van der Waals surface area (Å²) in [5, 5.41) is 0.846. The lowest BCUT2D eigenvalue weighted by Gasteiger charge is -2.11. The molecular formula is C15H20BrClO. The van der Waals surface area contributed by atoms with E-state index in [0.29, 0.717) is 4.83 Å². The highest BCUT2D eigenvalue weighted by Gasteiger charge is 2.17. The highest BCUT2D eigenvalue weighted by molar-refractivity contribution is 9.09. The molecule has 0 spiro atoms. The number of hydrogen-bond donors (Lipinski definition) is 0. The number of benzene rings is 1. The molecule has 1 unspecified atom stereocenters. The van der Waals surface area contributed by atoms with Gasteiger partial charge in [-0.15, -0.1) is 0 Å². The van der Waals surface area contributed by atoms with E-state index in [9.17, 15) is 0 Å². The van der Waals surface area contributed by atoms with Crippen LogP contribution in [0.5, 0.6) is 5.75 Å². The van der Waals surface area contributed by atoms with E-state index in [-0.39, 0.29) is 0 Å². The second-order valence-electron chi connectivity index (χ2n) is 4.93. The van der Waals surface area contributed by atoms with Crippen molar-refractivity contribution in [2.24, 2.45) is 0 Å². The van der Waals surface area contributed by atoms with E-state index >= 15 is 0 Å². The van der Waals surface area contributed by atoms with E-state index in [1.54, 1.807) is 0 Å². The third kappa shape index (κ3) is 3.64. The first-order chi connectivity index (χ1) is 8.70. The molecule has 0 saturated heterocycles. The molecule has 0 aliphatic carbocycles. The molecule has 0 amide bonds. The van der Waals surface area contributed by atoms with E-state index in [1.807, 2.05) is 6.07 Å². The minimum atomic E-state index is 0.649. The Balaban J connectivity index is 1.93. The third-order valence-corrected chi connectivity index (χ3v) is 4.52. The molecule has 1 aromatic rings. The summed E-state index contributed by atoms with van der Waals surface area (Å²) in [5.41, 5.74) is 2.56. The highest BCUT2D eigenvalue weighted by Crippen LogP contribution is 2.34. The number of rotatable bonds is 6. The molecule has 0 radical (unpaired) electrons. The van der Waals surface area contributed by atoms with Gasteiger partial charge in [-0.1, -0.05) is 40.9 Å². The van der Waals surface area contributed by atoms with Crippen molar-refractivity contribution in [3.05, 3.63) is 28.3 Å². The molecule has 0 bridgehead atoms. The lowest BCUT2D eigenvalue weighted by Crippen LogP contribution is -1.99. The molecule has 3 heteroatoms. The Morgan fingerprint density at radius 1 is 1.39 bits per heavy atom. The normalized spacial score (nSPS) is 15.3. The number of ether oxygens (including phenoxy) is 1. The topological polar surface area (TPSA) is 9.23 Å². The average molecular weight is 332 g/mol. The molecule has 0 aromatic heterocycles. The fourth-order valence-corrected chi connectivity index (χ4v) is 3.55. The van der Waals surface area contributed by atoms with Gasteiger partial charge in [-0.3, -0.25) is 0 Å². The maximum absolute atomic E-state index is 6.15. The Hall–Kier alpha value is -0.210. The standard InChI is InChI=1S/C15H20BrClO/c1-2-4-13(16)6-3-5-11-9-14(17)10-12-7-8-18-15(11)12/h9-10,13H,2-8H2,1H3. The molecule has 1 aliphatic heterocycles. The molecule has 0 fully saturated rings. The second-order valence-corrected chi connectivity index (χ2v) is 6.66. The summed E-state index contributed by atoms with van der Waals surface area (Å²) in [5.74, 6) is 1.10. The Morgan fingerprint density at radius 3 is 3.00 bits per heavy atom. The molecule has 1 aliphatic rings. The van der Waals surface area contributed by atoms with Crippen LogP contribution in [0.4, 0.5) is 0 Å². The number of hydrogen-bond acceptors (Lipinski definition) is 1. The predicted molar refractivity (Wildman–Crippen MR) is 81.2 cm³/mol. The minimum absolute atomic E-state index is 0.649. The lowest BCUT2D eigenvalue weighted by atomic mass is 10.0. The van der Waals surface area contributed by atoms with Crippen molar-refractivity contribution >= 4 is 27.5 Å². The molecule has 1 heterocycles. The van der Waals surface area contributed by atoms with Crippen LogP contribution >= 0.6 is 27.5 Å². The Kier molecular flexibility index (Phi) is 5.38. The zero-order valence-corrected chi connectivity index (χ0v) is 13.2. The van der Waals surface area contributed by atoms with Gasteiger partial charge in [0.25, 0.3) is 0 Å². The Bertz CT molecular complexity index is 406. The van der Waals surface area contributed by atoms with Gasteiger partial charge in [0.15, 0.2) is 0 Å². The van der Waals surface area contributed by atoms with Gasteiger partial charge < -0.3 is 4.74 Å². The molecule has 1 aromatic carbocycles. The summed E-state index contributed by atoms with van der Waals surface area (Å²) in [6, 6.07) is 4.10. The van der Waals surface area contributed by atoms with Crippen LogP contribution in [0, 0.1) is 0 Å². The number of fused-ring (bicyclic) bond motifs is 1. The zero-order valence-electron chi connectivity index (χ0n) is 10.8. The molecule has 1 atom stereocenters. The van der Waals surface area contributed by atoms with Gasteiger partial charge in [0.05, 0.1) is 6.61 Å². The fourth-order valence-electron chi connectivity index (χ4n) is 2.50. The van der Waals surface area contributed by atoms with E-state index in [4.69, 9.17) is 16.3 Å². The molecule has 0 N–H and O–H groups in total. The van der Waals surface area contributed by atoms with Crippen LogP contribution in [-0.2, 0) is 12.8 Å². The van der Waals surface area contributed by atoms with Crippen LogP contribution in [0.1, 0.15) is 43.7 Å². The summed E-state index contributed by atoms with van der Waals surface area (Å²) < 4.78 is 5.72. The molecule has 1 nitrogen and oxygen atoms in total. The van der Waals surface area contributed by atoms with E-state index in [1.165, 1.54) is 36.8 Å². The summed E-state index contributed by atoms with van der Waals surface area (Å²) >= 11 is 9.89. The maximum Gasteiger partial charge on any atom is 0.125 e. The van der Waals surface area contributed by atoms with Gasteiger partial charge in [0.1, 0.15) is 5.75 Å². The quantitative estimate of drug-likeness (QED) is 0.654. The van der Waals surface area contributed by atoms with Crippen LogP contribution in [0.3, 0.4) is 0 Å². The first-order valence-electron chi connectivity index (χ1n) is 6.79. The molecule has 18 heavy (non-hydrogen) atoms. The molecule has 0 saturated carbocycles.